The number of carbonyl (C=O) groups excluding carboxylic acids is 1. The van der Waals surface area contributed by atoms with E-state index in [0.717, 1.165) is 21.8 Å². The summed E-state index contributed by atoms with van der Waals surface area (Å²) in [5, 5.41) is 20.1. The van der Waals surface area contributed by atoms with Crippen molar-refractivity contribution in [3.63, 3.8) is 0 Å². The van der Waals surface area contributed by atoms with Gasteiger partial charge >= 0.3 is 0 Å². The first-order valence-corrected chi connectivity index (χ1v) is 11.1. The first kappa shape index (κ1) is 23.2. The third kappa shape index (κ3) is 6.53. The van der Waals surface area contributed by atoms with E-state index in [1.165, 1.54) is 23.9 Å². The smallest absolute Gasteiger partial charge is 0.271 e. The van der Waals surface area contributed by atoms with Crippen LogP contribution in [0.3, 0.4) is 0 Å². The third-order valence-electron chi connectivity index (χ3n) is 4.50. The van der Waals surface area contributed by atoms with Crippen molar-refractivity contribution in [1.29, 1.82) is 0 Å². The molecular formula is C23H22N4O3S2. The summed E-state index contributed by atoms with van der Waals surface area (Å²) in [7, 11) is 0. The number of anilines is 3. The van der Waals surface area contributed by atoms with Crippen LogP contribution in [0.15, 0.2) is 77.7 Å². The topological polar surface area (TPSA) is 96.3 Å². The second kappa shape index (κ2) is 10.7. The summed E-state index contributed by atoms with van der Waals surface area (Å²) in [4.78, 5) is 24.1. The van der Waals surface area contributed by atoms with E-state index >= 15 is 0 Å². The number of nitro groups is 1. The van der Waals surface area contributed by atoms with Crippen LogP contribution in [-0.4, -0.2) is 21.2 Å². The number of thioether (sulfide) groups is 1. The van der Waals surface area contributed by atoms with Gasteiger partial charge in [-0.1, -0.05) is 30.3 Å². The number of rotatable bonds is 7. The average molecular weight is 467 g/mol. The zero-order chi connectivity index (χ0) is 23.1. The molecule has 3 aromatic carbocycles. The number of non-ortho nitro benzene ring substituents is 1. The van der Waals surface area contributed by atoms with Gasteiger partial charge in [-0.2, -0.15) is 0 Å². The zero-order valence-electron chi connectivity index (χ0n) is 17.5. The van der Waals surface area contributed by atoms with Crippen LogP contribution < -0.4 is 16.0 Å². The van der Waals surface area contributed by atoms with Crippen LogP contribution in [0.1, 0.15) is 12.5 Å². The van der Waals surface area contributed by atoms with Gasteiger partial charge in [0.2, 0.25) is 5.91 Å². The molecule has 0 aliphatic rings. The van der Waals surface area contributed by atoms with E-state index in [1.807, 2.05) is 54.6 Å². The molecule has 0 aliphatic heterocycles. The van der Waals surface area contributed by atoms with Gasteiger partial charge in [-0.15, -0.1) is 11.8 Å². The average Bonchev–Trinajstić information content (AvgIpc) is 2.76. The molecule has 0 radical (unpaired) electrons. The van der Waals surface area contributed by atoms with Gasteiger partial charge in [0.25, 0.3) is 5.69 Å². The molecule has 164 valence electrons. The molecule has 0 aromatic heterocycles. The van der Waals surface area contributed by atoms with Gasteiger partial charge in [0.05, 0.1) is 15.9 Å². The van der Waals surface area contributed by atoms with Crippen molar-refractivity contribution in [2.75, 3.05) is 16.0 Å². The lowest BCUT2D eigenvalue weighted by Gasteiger charge is -2.15. The molecule has 3 aromatic rings. The molecule has 32 heavy (non-hydrogen) atoms. The highest BCUT2D eigenvalue weighted by atomic mass is 32.2. The molecule has 1 amide bonds. The van der Waals surface area contributed by atoms with Crippen LogP contribution in [-0.2, 0) is 4.79 Å². The van der Waals surface area contributed by atoms with E-state index in [1.54, 1.807) is 19.9 Å². The third-order valence-corrected chi connectivity index (χ3v) is 5.79. The predicted molar refractivity (Wildman–Crippen MR) is 135 cm³/mol. The van der Waals surface area contributed by atoms with E-state index in [2.05, 4.69) is 16.0 Å². The monoisotopic (exact) mass is 466 g/mol. The van der Waals surface area contributed by atoms with E-state index in [0.29, 0.717) is 10.8 Å². The van der Waals surface area contributed by atoms with Crippen LogP contribution in [0.4, 0.5) is 22.7 Å². The number of nitrogens with zero attached hydrogens (tertiary/aromatic N) is 1. The number of thiocarbonyl (C=S) groups is 1. The molecule has 0 saturated carbocycles. The number of hydrogen-bond acceptors (Lipinski definition) is 5. The Hall–Kier alpha value is -3.43. The quantitative estimate of drug-likeness (QED) is 0.174. The van der Waals surface area contributed by atoms with Gasteiger partial charge in [-0.05, 0) is 62.0 Å². The molecule has 3 N–H and O–H groups in total. The lowest BCUT2D eigenvalue weighted by Crippen LogP contribution is -2.23. The molecular weight excluding hydrogens is 444 g/mol. The summed E-state index contributed by atoms with van der Waals surface area (Å²) >= 11 is 6.75. The molecule has 9 heteroatoms. The van der Waals surface area contributed by atoms with Crippen molar-refractivity contribution < 1.29 is 9.72 Å². The lowest BCUT2D eigenvalue weighted by molar-refractivity contribution is -0.384. The van der Waals surface area contributed by atoms with Crippen LogP contribution >= 0.6 is 24.0 Å². The van der Waals surface area contributed by atoms with Crippen molar-refractivity contribution in [1.82, 2.24) is 0 Å². The van der Waals surface area contributed by atoms with Crippen LogP contribution in [0.25, 0.3) is 0 Å². The van der Waals surface area contributed by atoms with Crippen molar-refractivity contribution >= 4 is 57.7 Å². The van der Waals surface area contributed by atoms with Gasteiger partial charge in [0.15, 0.2) is 5.11 Å². The molecule has 7 nitrogen and oxygen atoms in total. The Morgan fingerprint density at radius 1 is 0.969 bits per heavy atom. The van der Waals surface area contributed by atoms with Gasteiger partial charge in [0, 0.05) is 28.4 Å². The van der Waals surface area contributed by atoms with Gasteiger partial charge in [-0.3, -0.25) is 14.9 Å². The van der Waals surface area contributed by atoms with E-state index in [-0.39, 0.29) is 11.6 Å². The Balaban J connectivity index is 1.61. The van der Waals surface area contributed by atoms with E-state index in [9.17, 15) is 14.9 Å². The summed E-state index contributed by atoms with van der Waals surface area (Å²) in [6.07, 6.45) is 0. The number of carbonyl (C=O) groups is 1. The van der Waals surface area contributed by atoms with Gasteiger partial charge < -0.3 is 16.0 Å². The highest BCUT2D eigenvalue weighted by Gasteiger charge is 2.17. The molecule has 0 spiro atoms. The first-order valence-electron chi connectivity index (χ1n) is 9.77. The molecule has 3 rings (SSSR count). The molecule has 0 fully saturated rings. The maximum absolute atomic E-state index is 12.7. The lowest BCUT2D eigenvalue weighted by atomic mass is 10.2. The number of nitro benzene ring substituents is 1. The molecule has 1 unspecified atom stereocenters. The molecule has 0 aliphatic carbocycles. The van der Waals surface area contributed by atoms with Gasteiger partial charge in [0.1, 0.15) is 0 Å². The summed E-state index contributed by atoms with van der Waals surface area (Å²) in [6.45, 7) is 3.58. The predicted octanol–water partition coefficient (Wildman–Crippen LogP) is 5.83. The largest absolute Gasteiger partial charge is 0.332 e. The molecule has 0 heterocycles. The second-order valence-corrected chi connectivity index (χ2v) is 8.80. The fourth-order valence-corrected chi connectivity index (χ4v) is 3.97. The number of para-hydroxylation sites is 1. The van der Waals surface area contributed by atoms with Crippen LogP contribution in [0.2, 0.25) is 0 Å². The number of aryl methyl sites for hydroxylation is 1. The zero-order valence-corrected chi connectivity index (χ0v) is 19.1. The van der Waals surface area contributed by atoms with E-state index in [4.69, 9.17) is 12.2 Å². The highest BCUT2D eigenvalue weighted by Crippen LogP contribution is 2.28. The van der Waals surface area contributed by atoms with Crippen LogP contribution in [0.5, 0.6) is 0 Å². The summed E-state index contributed by atoms with van der Waals surface area (Å²) in [5.41, 5.74) is 2.81. The fourth-order valence-electron chi connectivity index (χ4n) is 2.81. The maximum atomic E-state index is 12.7. The summed E-state index contributed by atoms with van der Waals surface area (Å²) < 4.78 is 0. The molecule has 0 bridgehead atoms. The number of nitrogens with one attached hydrogen (secondary N) is 3. The molecule has 0 saturated heterocycles. The Labute approximate surface area is 195 Å². The van der Waals surface area contributed by atoms with E-state index < -0.39 is 10.2 Å². The SMILES string of the molecule is Cc1ccc([N+](=O)[O-])cc1NC(=O)C(C)Sc1cccc(NC(=S)Nc2ccccc2)c1. The minimum Gasteiger partial charge on any atom is -0.332 e. The standard InChI is InChI=1S/C23H22N4O3S2/c1-15-11-12-19(27(29)30)14-21(15)26-22(28)16(2)32-20-10-6-9-18(13-20)25-23(31)24-17-7-4-3-5-8-17/h3-14,16H,1-2H3,(H,26,28)(H2,24,25,31). The normalized spacial score (nSPS) is 11.3. The summed E-state index contributed by atoms with van der Waals surface area (Å²) in [5.74, 6) is -0.238. The van der Waals surface area contributed by atoms with Gasteiger partial charge in [-0.25, -0.2) is 0 Å². The van der Waals surface area contributed by atoms with Crippen molar-refractivity contribution in [3.05, 3.63) is 88.5 Å². The fraction of sp³-hybridized carbons (Fsp3) is 0.130. The Morgan fingerprint density at radius 3 is 2.38 bits per heavy atom. The minimum atomic E-state index is -0.483. The maximum Gasteiger partial charge on any atom is 0.271 e. The molecule has 1 atom stereocenters. The van der Waals surface area contributed by atoms with Crippen molar-refractivity contribution in [2.24, 2.45) is 0 Å². The highest BCUT2D eigenvalue weighted by molar-refractivity contribution is 8.00. The Kier molecular flexibility index (Phi) is 7.80. The summed E-state index contributed by atoms with van der Waals surface area (Å²) in [6, 6.07) is 21.6. The minimum absolute atomic E-state index is 0.0648. The second-order valence-electron chi connectivity index (χ2n) is 6.98. The number of hydrogen-bond donors (Lipinski definition) is 3. The van der Waals surface area contributed by atoms with Crippen molar-refractivity contribution in [3.8, 4) is 0 Å². The van der Waals surface area contributed by atoms with Crippen molar-refractivity contribution in [2.45, 2.75) is 24.0 Å². The number of benzene rings is 3. The Morgan fingerprint density at radius 2 is 1.66 bits per heavy atom. The first-order chi connectivity index (χ1) is 15.3. The van der Waals surface area contributed by atoms with Crippen LogP contribution in [0, 0.1) is 17.0 Å². The number of amides is 1. The Bertz CT molecular complexity index is 1140.